The van der Waals surface area contributed by atoms with Gasteiger partial charge in [0.2, 0.25) is 0 Å². The lowest BCUT2D eigenvalue weighted by Gasteiger charge is -2.18. The summed E-state index contributed by atoms with van der Waals surface area (Å²) in [6, 6.07) is -0.857. The molecule has 1 aliphatic heterocycles. The molecule has 2 unspecified atom stereocenters. The van der Waals surface area contributed by atoms with Gasteiger partial charge >= 0.3 is 6.03 Å². The van der Waals surface area contributed by atoms with Crippen molar-refractivity contribution in [3.05, 3.63) is 0 Å². The predicted molar refractivity (Wildman–Crippen MR) is 55.4 cm³/mol. The fourth-order valence-corrected chi connectivity index (χ4v) is 1.64. The van der Waals surface area contributed by atoms with E-state index in [-0.39, 0.29) is 6.61 Å². The van der Waals surface area contributed by atoms with E-state index >= 15 is 0 Å². The molecule has 0 bridgehead atoms. The molecule has 0 spiro atoms. The van der Waals surface area contributed by atoms with Crippen molar-refractivity contribution < 1.29 is 37.8 Å². The summed E-state index contributed by atoms with van der Waals surface area (Å²) < 4.78 is 33.9. The maximum Gasteiger partial charge on any atom is 0.328 e. The molecule has 4 N–H and O–H groups in total. The first kappa shape index (κ1) is 15.1. The van der Waals surface area contributed by atoms with Crippen molar-refractivity contribution >= 4 is 16.1 Å². The number of nitrogens with zero attached hydrogens (tertiary/aromatic N) is 2. The molecule has 1 heterocycles. The van der Waals surface area contributed by atoms with Gasteiger partial charge in [-0.15, -0.1) is 0 Å². The smallest absolute Gasteiger partial charge is 0.328 e. The fourth-order valence-electron chi connectivity index (χ4n) is 1.32. The summed E-state index contributed by atoms with van der Waals surface area (Å²) in [5, 5.41) is 27.6. The summed E-state index contributed by atoms with van der Waals surface area (Å²) >= 11 is 0. The number of urea groups is 1. The minimum Gasteiger partial charge on any atom is -0.376 e. The van der Waals surface area contributed by atoms with E-state index in [1.165, 1.54) is 0 Å². The molecule has 0 aromatic carbocycles. The van der Waals surface area contributed by atoms with Gasteiger partial charge < -0.3 is 20.1 Å². The molecule has 0 aromatic heterocycles. The molecule has 0 radical (unpaired) electrons. The van der Waals surface area contributed by atoms with Gasteiger partial charge in [0, 0.05) is 0 Å². The van der Waals surface area contributed by atoms with Crippen molar-refractivity contribution in [3.63, 3.8) is 0 Å². The molecule has 106 valence electrons. The minimum atomic E-state index is -4.16. The zero-order valence-electron chi connectivity index (χ0n) is 9.21. The first-order chi connectivity index (χ1) is 8.28. The molecule has 0 saturated carbocycles. The van der Waals surface area contributed by atoms with E-state index in [0.29, 0.717) is 9.80 Å². The molecule has 2 amide bonds. The zero-order chi connectivity index (χ0) is 13.9. The lowest BCUT2D eigenvalue weighted by atomic mass is 10.5. The molecule has 1 fully saturated rings. The Morgan fingerprint density at radius 2 is 1.78 bits per heavy atom. The molecule has 1 aliphatic rings. The highest BCUT2D eigenvalue weighted by Crippen LogP contribution is 2.18. The second kappa shape index (κ2) is 5.77. The lowest BCUT2D eigenvalue weighted by Crippen LogP contribution is -2.38. The summed E-state index contributed by atoms with van der Waals surface area (Å²) in [7, 11) is -4.16. The maximum atomic E-state index is 11.5. The Morgan fingerprint density at radius 3 is 2.22 bits per heavy atom. The van der Waals surface area contributed by atoms with E-state index in [9.17, 15) is 23.4 Å². The molecule has 2 atom stereocenters. The summed E-state index contributed by atoms with van der Waals surface area (Å²) in [4.78, 5) is 12.8. The Labute approximate surface area is 103 Å². The van der Waals surface area contributed by atoms with Gasteiger partial charge in [0.05, 0.1) is 12.4 Å². The van der Waals surface area contributed by atoms with Crippen molar-refractivity contribution in [2.45, 2.75) is 12.5 Å². The van der Waals surface area contributed by atoms with Crippen LogP contribution < -0.4 is 0 Å². The monoisotopic (exact) mass is 286 g/mol. The second-order valence-electron chi connectivity index (χ2n) is 3.51. The summed E-state index contributed by atoms with van der Waals surface area (Å²) in [6.45, 7) is -1.65. The molecule has 18 heavy (non-hydrogen) atoms. The number of hydrogen-bond acceptors (Lipinski definition) is 7. The van der Waals surface area contributed by atoms with Gasteiger partial charge in [-0.3, -0.25) is 14.4 Å². The Kier molecular flexibility index (Phi) is 4.84. The van der Waals surface area contributed by atoms with E-state index in [0.717, 1.165) is 0 Å². The number of carbonyl (C=O) groups is 1. The van der Waals surface area contributed by atoms with E-state index in [1.54, 1.807) is 0 Å². The number of aliphatic hydroxyl groups excluding tert-OH is 3. The van der Waals surface area contributed by atoms with Gasteiger partial charge in [0.15, 0.2) is 12.5 Å². The van der Waals surface area contributed by atoms with Gasteiger partial charge in [-0.1, -0.05) is 0 Å². The van der Waals surface area contributed by atoms with Crippen molar-refractivity contribution in [1.82, 2.24) is 9.80 Å². The molecule has 0 aromatic rings. The van der Waals surface area contributed by atoms with Crippen LogP contribution in [0.2, 0.25) is 0 Å². The number of rotatable bonds is 6. The first-order valence-corrected chi connectivity index (χ1v) is 6.46. The number of carbonyl (C=O) groups excluding carboxylic acids is 1. The lowest BCUT2D eigenvalue weighted by molar-refractivity contribution is -0.0991. The topological polar surface area (TPSA) is 148 Å². The zero-order valence-corrected chi connectivity index (χ0v) is 10.0. The third-order valence-electron chi connectivity index (χ3n) is 2.27. The maximum absolute atomic E-state index is 11.5. The Hall–Kier alpha value is -0.980. The normalized spacial score (nSPS) is 25.0. The quantitative estimate of drug-likeness (QED) is 0.302. The number of ether oxygens (including phenoxy) is 1. The van der Waals surface area contributed by atoms with Crippen LogP contribution in [0.25, 0.3) is 0 Å². The molecular weight excluding hydrogens is 272 g/mol. The average molecular weight is 286 g/mol. The Bertz CT molecular complexity index is 398. The summed E-state index contributed by atoms with van der Waals surface area (Å²) in [5.74, 6) is -0.655. The molecule has 1 rings (SSSR count). The first-order valence-electron chi connectivity index (χ1n) is 4.85. The fraction of sp³-hybridized carbons (Fsp3) is 0.857. The number of amides is 2. The third kappa shape index (κ3) is 3.51. The second-order valence-corrected chi connectivity index (χ2v) is 5.09. The van der Waals surface area contributed by atoms with Crippen molar-refractivity contribution in [2.75, 3.05) is 25.8 Å². The van der Waals surface area contributed by atoms with Crippen LogP contribution in [-0.2, 0) is 14.9 Å². The van der Waals surface area contributed by atoms with Crippen LogP contribution in [0.5, 0.6) is 0 Å². The van der Waals surface area contributed by atoms with Crippen LogP contribution in [0.15, 0.2) is 0 Å². The van der Waals surface area contributed by atoms with Crippen LogP contribution in [0.1, 0.15) is 0 Å². The van der Waals surface area contributed by atoms with Gasteiger partial charge in [0.25, 0.3) is 10.1 Å². The largest absolute Gasteiger partial charge is 0.376 e. The van der Waals surface area contributed by atoms with E-state index in [4.69, 9.17) is 14.4 Å². The van der Waals surface area contributed by atoms with Crippen LogP contribution in [0.3, 0.4) is 0 Å². The van der Waals surface area contributed by atoms with E-state index in [1.807, 2.05) is 0 Å². The highest BCUT2D eigenvalue weighted by atomic mass is 32.2. The highest BCUT2D eigenvalue weighted by Gasteiger charge is 2.43. The van der Waals surface area contributed by atoms with Gasteiger partial charge in [-0.05, 0) is 0 Å². The third-order valence-corrected chi connectivity index (χ3v) is 2.95. The Morgan fingerprint density at radius 1 is 1.22 bits per heavy atom. The summed E-state index contributed by atoms with van der Waals surface area (Å²) in [6.07, 6.45) is -3.18. The molecule has 1 saturated heterocycles. The molecular formula is C7H14N2O8S. The van der Waals surface area contributed by atoms with Gasteiger partial charge in [0.1, 0.15) is 13.5 Å². The predicted octanol–water partition coefficient (Wildman–Crippen LogP) is -2.83. The number of hydrogen-bond donors (Lipinski definition) is 4. The van der Waals surface area contributed by atoms with Crippen molar-refractivity contribution in [2.24, 2.45) is 0 Å². The molecule has 11 heteroatoms. The average Bonchev–Trinajstić information content (AvgIpc) is 2.46. The van der Waals surface area contributed by atoms with Gasteiger partial charge in [-0.25, -0.2) is 4.79 Å². The minimum absolute atomic E-state index is 0.384. The van der Waals surface area contributed by atoms with E-state index in [2.05, 4.69) is 0 Å². The summed E-state index contributed by atoms with van der Waals surface area (Å²) in [5.41, 5.74) is 0. The van der Waals surface area contributed by atoms with Gasteiger partial charge in [-0.2, -0.15) is 8.42 Å². The van der Waals surface area contributed by atoms with Crippen LogP contribution in [0.4, 0.5) is 4.79 Å². The van der Waals surface area contributed by atoms with Crippen LogP contribution in [0, 0.1) is 0 Å². The van der Waals surface area contributed by atoms with Crippen LogP contribution >= 0.6 is 0 Å². The molecule has 0 aliphatic carbocycles. The van der Waals surface area contributed by atoms with E-state index < -0.39 is 47.8 Å². The number of aliphatic hydroxyl groups is 3. The molecule has 10 nitrogen and oxygen atoms in total. The Balaban J connectivity index is 2.45. The standard InChI is InChI=1S/C7H14N2O8S/c10-3-8-5(11)6(12)9(7(8)13)4-17-1-2-18(14,15)16/h5-6,10-12H,1-4H2,(H,14,15,16). The SMILES string of the molecule is O=C1N(CO)C(O)C(O)N1COCCS(=O)(=O)O. The van der Waals surface area contributed by atoms with Crippen LogP contribution in [-0.4, -0.2) is 82.4 Å². The highest BCUT2D eigenvalue weighted by molar-refractivity contribution is 7.85. The van der Waals surface area contributed by atoms with Crippen molar-refractivity contribution in [1.29, 1.82) is 0 Å². The van der Waals surface area contributed by atoms with Crippen molar-refractivity contribution in [3.8, 4) is 0 Å².